The summed E-state index contributed by atoms with van der Waals surface area (Å²) in [4.78, 5) is 12.4. The van der Waals surface area contributed by atoms with Crippen LogP contribution < -0.4 is 10.1 Å². The molecular weight excluding hydrogens is 428 g/mol. The molecule has 1 heterocycles. The zero-order valence-corrected chi connectivity index (χ0v) is 17.3. The van der Waals surface area contributed by atoms with Gasteiger partial charge in [-0.3, -0.25) is 4.79 Å². The van der Waals surface area contributed by atoms with Crippen LogP contribution in [0, 0.1) is 0 Å². The van der Waals surface area contributed by atoms with E-state index in [1.54, 1.807) is 6.92 Å². The Bertz CT molecular complexity index is 865. The Hall–Kier alpha value is -1.42. The highest BCUT2D eigenvalue weighted by atomic mass is 79.9. The van der Waals surface area contributed by atoms with Crippen molar-refractivity contribution < 1.29 is 17.9 Å². The summed E-state index contributed by atoms with van der Waals surface area (Å²) < 4.78 is 33.5. The number of halogens is 1. The van der Waals surface area contributed by atoms with E-state index in [9.17, 15) is 13.2 Å². The molecule has 0 aliphatic rings. The van der Waals surface area contributed by atoms with Gasteiger partial charge in [0.15, 0.2) is 0 Å². The quantitative estimate of drug-likeness (QED) is 0.703. The third-order valence-electron chi connectivity index (χ3n) is 3.43. The van der Waals surface area contributed by atoms with Crippen molar-refractivity contribution in [2.75, 3.05) is 19.0 Å². The summed E-state index contributed by atoms with van der Waals surface area (Å²) in [5.41, 5.74) is 0.325. The van der Waals surface area contributed by atoms with Crippen LogP contribution in [0.4, 0.5) is 5.69 Å². The lowest BCUT2D eigenvalue weighted by Gasteiger charge is -2.20. The zero-order valence-electron chi connectivity index (χ0n) is 14.1. The monoisotopic (exact) mass is 446 g/mol. The highest BCUT2D eigenvalue weighted by Crippen LogP contribution is 2.30. The lowest BCUT2D eigenvalue weighted by atomic mass is 10.3. The molecule has 2 aromatic rings. The number of carbonyl (C=O) groups is 1. The molecule has 0 unspecified atom stereocenters. The number of sulfonamides is 1. The second-order valence-corrected chi connectivity index (χ2v) is 9.67. The van der Waals surface area contributed by atoms with Crippen molar-refractivity contribution in [1.29, 1.82) is 0 Å². The average molecular weight is 447 g/mol. The van der Waals surface area contributed by atoms with Gasteiger partial charge in [-0.1, -0.05) is 6.92 Å². The molecular formula is C16H19BrN2O4S2. The van der Waals surface area contributed by atoms with Crippen LogP contribution in [0.1, 0.15) is 18.7 Å². The Morgan fingerprint density at radius 3 is 2.56 bits per heavy atom. The van der Waals surface area contributed by atoms with Crippen LogP contribution in [0.5, 0.6) is 5.75 Å². The Balaban J connectivity index is 2.37. The van der Waals surface area contributed by atoms with Crippen molar-refractivity contribution >= 4 is 48.9 Å². The molecule has 1 amide bonds. The van der Waals surface area contributed by atoms with Crippen LogP contribution in [0.15, 0.2) is 39.0 Å². The summed E-state index contributed by atoms with van der Waals surface area (Å²) in [6.45, 7) is 3.77. The summed E-state index contributed by atoms with van der Waals surface area (Å²) in [6, 6.07) is 8.22. The Kier molecular flexibility index (Phi) is 6.61. The van der Waals surface area contributed by atoms with E-state index in [4.69, 9.17) is 4.74 Å². The lowest BCUT2D eigenvalue weighted by Crippen LogP contribution is -2.30. The molecule has 0 radical (unpaired) electrons. The van der Waals surface area contributed by atoms with Gasteiger partial charge in [-0.05, 0) is 46.3 Å². The molecule has 0 fully saturated rings. The van der Waals surface area contributed by atoms with Gasteiger partial charge in [0.05, 0.1) is 21.5 Å². The second kappa shape index (κ2) is 8.31. The van der Waals surface area contributed by atoms with Crippen LogP contribution in [0.25, 0.3) is 0 Å². The Morgan fingerprint density at radius 1 is 1.32 bits per heavy atom. The molecule has 1 aromatic heterocycles. The number of hydrogen-bond acceptors (Lipinski definition) is 5. The highest BCUT2D eigenvalue weighted by molar-refractivity contribution is 9.11. The number of nitrogens with one attached hydrogen (secondary N) is 1. The summed E-state index contributed by atoms with van der Waals surface area (Å²) in [6.07, 6.45) is 0. The standard InChI is InChI=1S/C16H19BrN2O4S2/c1-4-19(10-12-5-8-16(17)24-12)25(21,22)13-6-7-15(23-3)14(9-13)18-11(2)20/h5-9H,4,10H2,1-3H3,(H,18,20). The van der Waals surface area contributed by atoms with Gasteiger partial charge in [0.25, 0.3) is 0 Å². The largest absolute Gasteiger partial charge is 0.495 e. The molecule has 0 saturated carbocycles. The van der Waals surface area contributed by atoms with E-state index in [0.29, 0.717) is 18.0 Å². The number of ether oxygens (including phenoxy) is 1. The number of rotatable bonds is 7. The van der Waals surface area contributed by atoms with Gasteiger partial charge in [0.2, 0.25) is 15.9 Å². The number of amides is 1. The predicted molar refractivity (Wildman–Crippen MR) is 103 cm³/mol. The van der Waals surface area contributed by atoms with Gasteiger partial charge in [-0.15, -0.1) is 11.3 Å². The topological polar surface area (TPSA) is 75.7 Å². The first kappa shape index (κ1) is 19.9. The highest BCUT2D eigenvalue weighted by Gasteiger charge is 2.25. The van der Waals surface area contributed by atoms with Gasteiger partial charge in [-0.2, -0.15) is 4.31 Å². The molecule has 0 saturated heterocycles. The molecule has 0 bridgehead atoms. The molecule has 1 N–H and O–H groups in total. The SMILES string of the molecule is CCN(Cc1ccc(Br)s1)S(=O)(=O)c1ccc(OC)c(NC(C)=O)c1. The minimum atomic E-state index is -3.71. The summed E-state index contributed by atoms with van der Waals surface area (Å²) in [7, 11) is -2.25. The first-order valence-corrected chi connectivity index (χ1v) is 10.5. The Labute approximate surface area is 160 Å². The number of hydrogen-bond donors (Lipinski definition) is 1. The summed E-state index contributed by atoms with van der Waals surface area (Å²) >= 11 is 4.88. The molecule has 2 rings (SSSR count). The maximum atomic E-state index is 13.0. The number of benzene rings is 1. The van der Waals surface area contributed by atoms with E-state index in [1.807, 2.05) is 12.1 Å². The first-order valence-electron chi connectivity index (χ1n) is 7.48. The fraction of sp³-hybridized carbons (Fsp3) is 0.312. The number of anilines is 1. The van der Waals surface area contributed by atoms with Gasteiger partial charge in [0, 0.05) is 24.9 Å². The molecule has 0 atom stereocenters. The first-order chi connectivity index (χ1) is 11.8. The van der Waals surface area contributed by atoms with Gasteiger partial charge >= 0.3 is 0 Å². The Morgan fingerprint density at radius 2 is 2.04 bits per heavy atom. The van der Waals surface area contributed by atoms with Gasteiger partial charge in [-0.25, -0.2) is 8.42 Å². The number of methoxy groups -OCH3 is 1. The molecule has 1 aromatic carbocycles. The van der Waals surface area contributed by atoms with E-state index >= 15 is 0 Å². The van der Waals surface area contributed by atoms with Crippen LogP contribution >= 0.6 is 27.3 Å². The van der Waals surface area contributed by atoms with Crippen molar-refractivity contribution in [2.24, 2.45) is 0 Å². The second-order valence-electron chi connectivity index (χ2n) is 5.18. The zero-order chi connectivity index (χ0) is 18.6. The molecule has 6 nitrogen and oxygen atoms in total. The fourth-order valence-corrected chi connectivity index (χ4v) is 5.30. The molecule has 136 valence electrons. The molecule has 0 aliphatic heterocycles. The molecule has 9 heteroatoms. The van der Waals surface area contributed by atoms with E-state index in [-0.39, 0.29) is 17.3 Å². The molecule has 25 heavy (non-hydrogen) atoms. The normalized spacial score (nSPS) is 11.6. The molecule has 0 aliphatic carbocycles. The van der Waals surface area contributed by atoms with Gasteiger partial charge < -0.3 is 10.1 Å². The number of thiophene rings is 1. The van der Waals surface area contributed by atoms with Gasteiger partial charge in [0.1, 0.15) is 5.75 Å². The van der Waals surface area contributed by atoms with Crippen molar-refractivity contribution in [3.05, 3.63) is 39.0 Å². The smallest absolute Gasteiger partial charge is 0.243 e. The van der Waals surface area contributed by atoms with Crippen molar-refractivity contribution in [1.82, 2.24) is 4.31 Å². The van der Waals surface area contributed by atoms with E-state index < -0.39 is 10.0 Å². The van der Waals surface area contributed by atoms with Crippen LogP contribution in [-0.2, 0) is 21.4 Å². The third kappa shape index (κ3) is 4.81. The van der Waals surface area contributed by atoms with Crippen molar-refractivity contribution in [3.63, 3.8) is 0 Å². The molecule has 0 spiro atoms. The minimum absolute atomic E-state index is 0.106. The number of carbonyl (C=O) groups excluding carboxylic acids is 1. The van der Waals surface area contributed by atoms with Crippen LogP contribution in [0.3, 0.4) is 0 Å². The van der Waals surface area contributed by atoms with E-state index in [2.05, 4.69) is 21.2 Å². The minimum Gasteiger partial charge on any atom is -0.495 e. The van der Waals surface area contributed by atoms with E-state index in [1.165, 1.54) is 47.9 Å². The van der Waals surface area contributed by atoms with Crippen LogP contribution in [0.2, 0.25) is 0 Å². The average Bonchev–Trinajstić information content (AvgIpc) is 2.97. The van der Waals surface area contributed by atoms with Crippen LogP contribution in [-0.4, -0.2) is 32.3 Å². The maximum absolute atomic E-state index is 13.0. The summed E-state index contributed by atoms with van der Waals surface area (Å²) in [5, 5.41) is 2.60. The lowest BCUT2D eigenvalue weighted by molar-refractivity contribution is -0.114. The van der Waals surface area contributed by atoms with Crippen molar-refractivity contribution in [3.8, 4) is 5.75 Å². The van der Waals surface area contributed by atoms with Crippen molar-refractivity contribution in [2.45, 2.75) is 25.3 Å². The fourth-order valence-electron chi connectivity index (χ4n) is 2.26. The van der Waals surface area contributed by atoms with E-state index in [0.717, 1.165) is 8.66 Å². The summed E-state index contributed by atoms with van der Waals surface area (Å²) in [5.74, 6) is 0.100. The third-order valence-corrected chi connectivity index (χ3v) is 6.96. The predicted octanol–water partition coefficient (Wildman–Crippen LogP) is 3.69. The number of nitrogens with zero attached hydrogens (tertiary/aromatic N) is 1. The maximum Gasteiger partial charge on any atom is 0.243 e.